The van der Waals surface area contributed by atoms with Gasteiger partial charge in [0.15, 0.2) is 5.13 Å². The third kappa shape index (κ3) is 5.64. The number of carbonyl (C=O) groups excluding carboxylic acids is 1. The molecular formula is C23H26FN3OS. The molecule has 152 valence electrons. The van der Waals surface area contributed by atoms with E-state index in [0.717, 1.165) is 42.6 Å². The molecule has 0 fully saturated rings. The first kappa shape index (κ1) is 21.0. The fourth-order valence-electron chi connectivity index (χ4n) is 3.11. The summed E-state index contributed by atoms with van der Waals surface area (Å²) in [5.74, 6) is -0.213. The van der Waals surface area contributed by atoms with Crippen LogP contribution in [-0.2, 0) is 4.79 Å². The number of rotatable bonds is 9. The SMILES string of the molecule is CCCC[C@@H](CC)C(=O)Nc1cccc(-c2csc(Nc3ccccc3F)n2)c1. The average molecular weight is 412 g/mol. The summed E-state index contributed by atoms with van der Waals surface area (Å²) in [6.45, 7) is 4.19. The number of hydrogen-bond acceptors (Lipinski definition) is 4. The normalized spacial score (nSPS) is 11.8. The Kier molecular flexibility index (Phi) is 7.36. The number of halogens is 1. The Morgan fingerprint density at radius 1 is 1.17 bits per heavy atom. The topological polar surface area (TPSA) is 54.0 Å². The van der Waals surface area contributed by atoms with Crippen molar-refractivity contribution in [2.75, 3.05) is 10.6 Å². The molecule has 0 spiro atoms. The van der Waals surface area contributed by atoms with E-state index in [9.17, 15) is 9.18 Å². The van der Waals surface area contributed by atoms with Gasteiger partial charge in [0.05, 0.1) is 11.4 Å². The van der Waals surface area contributed by atoms with Crippen LogP contribution in [0.5, 0.6) is 0 Å². The number of benzene rings is 2. The fourth-order valence-corrected chi connectivity index (χ4v) is 3.85. The first-order valence-corrected chi connectivity index (χ1v) is 10.9. The molecular weight excluding hydrogens is 385 g/mol. The van der Waals surface area contributed by atoms with Crippen LogP contribution < -0.4 is 10.6 Å². The minimum absolute atomic E-state index is 0.0365. The molecule has 3 aromatic rings. The number of carbonyl (C=O) groups is 1. The van der Waals surface area contributed by atoms with Crippen LogP contribution in [0.2, 0.25) is 0 Å². The Labute approximate surface area is 175 Å². The molecule has 2 aromatic carbocycles. The van der Waals surface area contributed by atoms with E-state index >= 15 is 0 Å². The van der Waals surface area contributed by atoms with Crippen molar-refractivity contribution in [2.45, 2.75) is 39.5 Å². The van der Waals surface area contributed by atoms with Crippen molar-refractivity contribution in [1.82, 2.24) is 4.98 Å². The Morgan fingerprint density at radius 2 is 2.00 bits per heavy atom. The van der Waals surface area contributed by atoms with Gasteiger partial charge in [-0.15, -0.1) is 11.3 Å². The fraction of sp³-hybridized carbons (Fsp3) is 0.304. The zero-order valence-corrected chi connectivity index (χ0v) is 17.6. The van der Waals surface area contributed by atoms with E-state index < -0.39 is 0 Å². The summed E-state index contributed by atoms with van der Waals surface area (Å²) in [7, 11) is 0. The maximum atomic E-state index is 13.8. The van der Waals surface area contributed by atoms with Crippen LogP contribution >= 0.6 is 11.3 Å². The van der Waals surface area contributed by atoms with Gasteiger partial charge in [0.1, 0.15) is 5.82 Å². The molecule has 0 bridgehead atoms. The summed E-state index contributed by atoms with van der Waals surface area (Å²) < 4.78 is 13.8. The average Bonchev–Trinajstić information content (AvgIpc) is 3.19. The maximum absolute atomic E-state index is 13.8. The smallest absolute Gasteiger partial charge is 0.227 e. The van der Waals surface area contributed by atoms with Gasteiger partial charge in [0.25, 0.3) is 0 Å². The van der Waals surface area contributed by atoms with Crippen molar-refractivity contribution < 1.29 is 9.18 Å². The minimum atomic E-state index is -0.317. The van der Waals surface area contributed by atoms with Crippen LogP contribution in [0.25, 0.3) is 11.3 Å². The number of thiazole rings is 1. The molecule has 29 heavy (non-hydrogen) atoms. The summed E-state index contributed by atoms with van der Waals surface area (Å²) in [5, 5.41) is 8.58. The molecule has 0 aliphatic heterocycles. The number of hydrogen-bond donors (Lipinski definition) is 2. The van der Waals surface area contributed by atoms with E-state index in [1.807, 2.05) is 29.6 Å². The molecule has 6 heteroatoms. The van der Waals surface area contributed by atoms with Crippen LogP contribution in [0.1, 0.15) is 39.5 Å². The van der Waals surface area contributed by atoms with Crippen LogP contribution in [0.4, 0.5) is 20.9 Å². The van der Waals surface area contributed by atoms with Gasteiger partial charge in [-0.3, -0.25) is 4.79 Å². The Bertz CT molecular complexity index is 957. The third-order valence-electron chi connectivity index (χ3n) is 4.82. The molecule has 0 radical (unpaired) electrons. The second-order valence-electron chi connectivity index (χ2n) is 6.96. The van der Waals surface area contributed by atoms with Gasteiger partial charge in [-0.05, 0) is 37.1 Å². The molecule has 0 saturated carbocycles. The van der Waals surface area contributed by atoms with Crippen molar-refractivity contribution in [1.29, 1.82) is 0 Å². The van der Waals surface area contributed by atoms with Crippen molar-refractivity contribution in [3.05, 3.63) is 59.7 Å². The molecule has 0 saturated heterocycles. The van der Waals surface area contributed by atoms with E-state index in [0.29, 0.717) is 10.8 Å². The lowest BCUT2D eigenvalue weighted by atomic mass is 9.98. The number of unbranched alkanes of at least 4 members (excludes halogenated alkanes) is 1. The van der Waals surface area contributed by atoms with E-state index in [2.05, 4.69) is 29.5 Å². The second-order valence-corrected chi connectivity index (χ2v) is 7.82. The van der Waals surface area contributed by atoms with Crippen molar-refractivity contribution in [3.63, 3.8) is 0 Å². The van der Waals surface area contributed by atoms with Crippen LogP contribution in [0.3, 0.4) is 0 Å². The summed E-state index contributed by atoms with van der Waals surface area (Å²) in [6, 6.07) is 14.2. The van der Waals surface area contributed by atoms with Gasteiger partial charge >= 0.3 is 0 Å². The summed E-state index contributed by atoms with van der Waals surface area (Å²) in [6.07, 6.45) is 3.90. The van der Waals surface area contributed by atoms with E-state index in [1.165, 1.54) is 17.4 Å². The first-order valence-electron chi connectivity index (χ1n) is 9.99. The molecule has 1 aromatic heterocycles. The third-order valence-corrected chi connectivity index (χ3v) is 5.57. The molecule has 0 unspecified atom stereocenters. The molecule has 1 amide bonds. The van der Waals surface area contributed by atoms with Gasteiger partial charge in [-0.25, -0.2) is 9.37 Å². The number of aromatic nitrogens is 1. The summed E-state index contributed by atoms with van der Waals surface area (Å²) in [4.78, 5) is 17.1. The number of nitrogens with one attached hydrogen (secondary N) is 2. The Hall–Kier alpha value is -2.73. The van der Waals surface area contributed by atoms with E-state index in [4.69, 9.17) is 0 Å². The molecule has 3 rings (SSSR count). The van der Waals surface area contributed by atoms with Gasteiger partial charge in [0, 0.05) is 22.5 Å². The van der Waals surface area contributed by atoms with Crippen molar-refractivity contribution >= 4 is 33.8 Å². The molecule has 0 aliphatic rings. The number of anilines is 3. The number of amides is 1. The summed E-state index contributed by atoms with van der Waals surface area (Å²) >= 11 is 1.41. The molecule has 1 atom stereocenters. The Morgan fingerprint density at radius 3 is 2.76 bits per heavy atom. The zero-order chi connectivity index (χ0) is 20.6. The van der Waals surface area contributed by atoms with E-state index in [1.54, 1.807) is 18.2 Å². The molecule has 2 N–H and O–H groups in total. The largest absolute Gasteiger partial charge is 0.329 e. The predicted octanol–water partition coefficient (Wildman–Crippen LogP) is 6.85. The zero-order valence-electron chi connectivity index (χ0n) is 16.7. The highest BCUT2D eigenvalue weighted by atomic mass is 32.1. The van der Waals surface area contributed by atoms with Gasteiger partial charge < -0.3 is 10.6 Å². The number of para-hydroxylation sites is 1. The Balaban J connectivity index is 1.70. The van der Waals surface area contributed by atoms with Crippen LogP contribution in [-0.4, -0.2) is 10.9 Å². The standard InChI is InChI=1S/C23H26FN3OS/c1-3-5-9-16(4-2)22(28)25-18-11-8-10-17(14-18)21-15-29-23(27-21)26-20-13-7-6-12-19(20)24/h6-8,10-16H,3-5,9H2,1-2H3,(H,25,28)(H,26,27)/t16-/m1/s1. The molecule has 4 nitrogen and oxygen atoms in total. The highest BCUT2D eigenvalue weighted by Crippen LogP contribution is 2.29. The van der Waals surface area contributed by atoms with Crippen molar-refractivity contribution in [3.8, 4) is 11.3 Å². The van der Waals surface area contributed by atoms with Gasteiger partial charge in [-0.1, -0.05) is 51.0 Å². The quantitative estimate of drug-likeness (QED) is 0.405. The lowest BCUT2D eigenvalue weighted by molar-refractivity contribution is -0.120. The molecule has 1 heterocycles. The second kappa shape index (κ2) is 10.2. The monoisotopic (exact) mass is 411 g/mol. The maximum Gasteiger partial charge on any atom is 0.227 e. The first-order chi connectivity index (χ1) is 14.1. The minimum Gasteiger partial charge on any atom is -0.329 e. The highest BCUT2D eigenvalue weighted by Gasteiger charge is 2.16. The molecule has 0 aliphatic carbocycles. The van der Waals surface area contributed by atoms with Crippen molar-refractivity contribution in [2.24, 2.45) is 5.92 Å². The lowest BCUT2D eigenvalue weighted by Crippen LogP contribution is -2.22. The van der Waals surface area contributed by atoms with Crippen LogP contribution in [0.15, 0.2) is 53.9 Å². The van der Waals surface area contributed by atoms with Crippen LogP contribution in [0, 0.1) is 11.7 Å². The number of nitrogens with zero attached hydrogens (tertiary/aromatic N) is 1. The van der Waals surface area contributed by atoms with Gasteiger partial charge in [0.2, 0.25) is 5.91 Å². The summed E-state index contributed by atoms with van der Waals surface area (Å²) in [5.41, 5.74) is 2.84. The van der Waals surface area contributed by atoms with E-state index in [-0.39, 0.29) is 17.6 Å². The lowest BCUT2D eigenvalue weighted by Gasteiger charge is -2.15. The highest BCUT2D eigenvalue weighted by molar-refractivity contribution is 7.14. The van der Waals surface area contributed by atoms with Gasteiger partial charge in [-0.2, -0.15) is 0 Å². The predicted molar refractivity (Wildman–Crippen MR) is 119 cm³/mol.